The molecule has 17 heavy (non-hydrogen) atoms. The Balaban J connectivity index is 2.23. The van der Waals surface area contributed by atoms with Crippen molar-refractivity contribution in [3.05, 3.63) is 41.2 Å². The number of benzene rings is 1. The zero-order valence-electron chi connectivity index (χ0n) is 9.11. The van der Waals surface area contributed by atoms with Crippen LogP contribution in [-0.2, 0) is 19.8 Å². The third-order valence-corrected chi connectivity index (χ3v) is 2.49. The SMILES string of the molecule is OCc1nnn(Cc2ccc(O)cc2)c1CO. The van der Waals surface area contributed by atoms with Gasteiger partial charge in [0.15, 0.2) is 0 Å². The average Bonchev–Trinajstić information content (AvgIpc) is 2.74. The first-order chi connectivity index (χ1) is 8.24. The Morgan fingerprint density at radius 2 is 1.76 bits per heavy atom. The van der Waals surface area contributed by atoms with Crippen LogP contribution < -0.4 is 0 Å². The highest BCUT2D eigenvalue weighted by Gasteiger charge is 2.11. The van der Waals surface area contributed by atoms with Crippen LogP contribution >= 0.6 is 0 Å². The van der Waals surface area contributed by atoms with E-state index in [9.17, 15) is 5.11 Å². The van der Waals surface area contributed by atoms with Crippen LogP contribution in [0.3, 0.4) is 0 Å². The number of rotatable bonds is 4. The van der Waals surface area contributed by atoms with E-state index in [1.54, 1.807) is 24.3 Å². The Morgan fingerprint density at radius 3 is 2.35 bits per heavy atom. The summed E-state index contributed by atoms with van der Waals surface area (Å²) in [5.74, 6) is 0.200. The molecule has 0 aliphatic heterocycles. The van der Waals surface area contributed by atoms with Gasteiger partial charge in [0.2, 0.25) is 0 Å². The van der Waals surface area contributed by atoms with Gasteiger partial charge in [-0.15, -0.1) is 5.10 Å². The van der Waals surface area contributed by atoms with E-state index in [1.807, 2.05) is 0 Å². The Labute approximate surface area is 97.8 Å². The van der Waals surface area contributed by atoms with Crippen molar-refractivity contribution in [1.29, 1.82) is 0 Å². The number of aromatic nitrogens is 3. The molecule has 1 aromatic carbocycles. The molecule has 1 aromatic heterocycles. The summed E-state index contributed by atoms with van der Waals surface area (Å²) in [6.07, 6.45) is 0. The zero-order chi connectivity index (χ0) is 12.3. The van der Waals surface area contributed by atoms with Crippen molar-refractivity contribution in [2.45, 2.75) is 19.8 Å². The number of phenolic OH excluding ortho intramolecular Hbond substituents is 1. The molecule has 0 amide bonds. The van der Waals surface area contributed by atoms with Crippen LogP contribution in [0.4, 0.5) is 0 Å². The van der Waals surface area contributed by atoms with E-state index >= 15 is 0 Å². The van der Waals surface area contributed by atoms with Gasteiger partial charge in [0.05, 0.1) is 25.5 Å². The van der Waals surface area contributed by atoms with E-state index < -0.39 is 0 Å². The lowest BCUT2D eigenvalue weighted by Crippen LogP contribution is -2.07. The molecule has 0 bridgehead atoms. The van der Waals surface area contributed by atoms with E-state index in [0.717, 1.165) is 5.56 Å². The molecule has 1 heterocycles. The second kappa shape index (κ2) is 4.94. The molecule has 0 atom stereocenters. The molecule has 2 rings (SSSR count). The van der Waals surface area contributed by atoms with Gasteiger partial charge in [-0.05, 0) is 17.7 Å². The van der Waals surface area contributed by atoms with E-state index in [0.29, 0.717) is 17.9 Å². The smallest absolute Gasteiger partial charge is 0.115 e. The quantitative estimate of drug-likeness (QED) is 0.694. The first-order valence-electron chi connectivity index (χ1n) is 5.15. The number of phenols is 1. The fraction of sp³-hybridized carbons (Fsp3) is 0.273. The lowest BCUT2D eigenvalue weighted by atomic mass is 10.2. The highest BCUT2D eigenvalue weighted by atomic mass is 16.3. The standard InChI is InChI=1S/C11H13N3O3/c15-6-10-11(7-16)14(13-12-10)5-8-1-3-9(17)4-2-8/h1-4,15-17H,5-7H2. The molecule has 0 saturated carbocycles. The number of nitrogens with zero attached hydrogens (tertiary/aromatic N) is 3. The molecule has 0 spiro atoms. The number of hydrogen-bond donors (Lipinski definition) is 3. The molecule has 6 heteroatoms. The van der Waals surface area contributed by atoms with E-state index in [2.05, 4.69) is 10.3 Å². The third kappa shape index (κ3) is 2.43. The minimum atomic E-state index is -0.245. The van der Waals surface area contributed by atoms with Crippen molar-refractivity contribution in [2.24, 2.45) is 0 Å². The predicted octanol–water partition coefficient (Wildman–Crippen LogP) is 0.0166. The van der Waals surface area contributed by atoms with Crippen LogP contribution in [-0.4, -0.2) is 30.3 Å². The Hall–Kier alpha value is -1.92. The van der Waals surface area contributed by atoms with Crippen molar-refractivity contribution in [3.8, 4) is 5.75 Å². The van der Waals surface area contributed by atoms with Gasteiger partial charge in [-0.2, -0.15) is 0 Å². The maximum atomic E-state index is 9.19. The lowest BCUT2D eigenvalue weighted by Gasteiger charge is -2.05. The summed E-state index contributed by atoms with van der Waals surface area (Å²) >= 11 is 0. The van der Waals surface area contributed by atoms with Gasteiger partial charge in [0.1, 0.15) is 11.4 Å². The zero-order valence-corrected chi connectivity index (χ0v) is 9.11. The fourth-order valence-electron chi connectivity index (χ4n) is 1.57. The Morgan fingerprint density at radius 1 is 1.06 bits per heavy atom. The summed E-state index contributed by atoms with van der Waals surface area (Å²) in [6, 6.07) is 6.68. The molecule has 3 N–H and O–H groups in total. The normalized spacial score (nSPS) is 10.7. The minimum absolute atomic E-state index is 0.200. The molecule has 6 nitrogen and oxygen atoms in total. The van der Waals surface area contributed by atoms with Crippen LogP contribution in [0.15, 0.2) is 24.3 Å². The molecule has 0 radical (unpaired) electrons. The summed E-state index contributed by atoms with van der Waals surface area (Å²) in [6.45, 7) is -0.0321. The van der Waals surface area contributed by atoms with Gasteiger partial charge in [-0.3, -0.25) is 0 Å². The van der Waals surface area contributed by atoms with E-state index in [-0.39, 0.29) is 19.0 Å². The lowest BCUT2D eigenvalue weighted by molar-refractivity contribution is 0.250. The van der Waals surface area contributed by atoms with Crippen LogP contribution in [0.1, 0.15) is 17.0 Å². The van der Waals surface area contributed by atoms with Gasteiger partial charge in [-0.1, -0.05) is 17.3 Å². The van der Waals surface area contributed by atoms with Gasteiger partial charge in [-0.25, -0.2) is 4.68 Å². The van der Waals surface area contributed by atoms with Gasteiger partial charge >= 0.3 is 0 Å². The van der Waals surface area contributed by atoms with E-state index in [4.69, 9.17) is 10.2 Å². The van der Waals surface area contributed by atoms with Crippen LogP contribution in [0.5, 0.6) is 5.75 Å². The summed E-state index contributed by atoms with van der Waals surface area (Å²) in [5.41, 5.74) is 1.80. The number of aliphatic hydroxyl groups is 2. The highest BCUT2D eigenvalue weighted by Crippen LogP contribution is 2.12. The molecular weight excluding hydrogens is 222 g/mol. The number of aliphatic hydroxyl groups excluding tert-OH is 2. The second-order valence-electron chi connectivity index (χ2n) is 3.62. The number of hydrogen-bond acceptors (Lipinski definition) is 5. The first-order valence-corrected chi connectivity index (χ1v) is 5.15. The second-order valence-corrected chi connectivity index (χ2v) is 3.62. The summed E-state index contributed by atoms with van der Waals surface area (Å²) in [7, 11) is 0. The maximum Gasteiger partial charge on any atom is 0.115 e. The molecule has 0 fully saturated rings. The Kier molecular flexibility index (Phi) is 3.36. The molecule has 0 unspecified atom stereocenters. The summed E-state index contributed by atoms with van der Waals surface area (Å²) in [4.78, 5) is 0. The van der Waals surface area contributed by atoms with Crippen LogP contribution in [0, 0.1) is 0 Å². The van der Waals surface area contributed by atoms with Crippen molar-refractivity contribution in [3.63, 3.8) is 0 Å². The first kappa shape index (κ1) is 11.6. The monoisotopic (exact) mass is 235 g/mol. The predicted molar refractivity (Wildman–Crippen MR) is 59.1 cm³/mol. The van der Waals surface area contributed by atoms with Gasteiger partial charge in [0, 0.05) is 0 Å². The topological polar surface area (TPSA) is 91.4 Å². The molecule has 0 aliphatic carbocycles. The van der Waals surface area contributed by atoms with Crippen molar-refractivity contribution < 1.29 is 15.3 Å². The van der Waals surface area contributed by atoms with Crippen molar-refractivity contribution in [1.82, 2.24) is 15.0 Å². The average molecular weight is 235 g/mol. The summed E-state index contributed by atoms with van der Waals surface area (Å²) in [5, 5.41) is 35.0. The number of aromatic hydroxyl groups is 1. The fourth-order valence-corrected chi connectivity index (χ4v) is 1.57. The summed E-state index contributed by atoms with van der Waals surface area (Å²) < 4.78 is 1.53. The largest absolute Gasteiger partial charge is 0.508 e. The van der Waals surface area contributed by atoms with E-state index in [1.165, 1.54) is 4.68 Å². The molecule has 2 aromatic rings. The van der Waals surface area contributed by atoms with Gasteiger partial charge in [0.25, 0.3) is 0 Å². The maximum absolute atomic E-state index is 9.19. The Bertz CT molecular complexity index is 493. The molecule has 90 valence electrons. The molecule has 0 aliphatic rings. The van der Waals surface area contributed by atoms with Crippen LogP contribution in [0.25, 0.3) is 0 Å². The molecular formula is C11H13N3O3. The highest BCUT2D eigenvalue weighted by molar-refractivity contribution is 5.26. The van der Waals surface area contributed by atoms with Gasteiger partial charge < -0.3 is 15.3 Å². The van der Waals surface area contributed by atoms with Crippen molar-refractivity contribution >= 4 is 0 Å². The third-order valence-electron chi connectivity index (χ3n) is 2.49. The minimum Gasteiger partial charge on any atom is -0.508 e. The van der Waals surface area contributed by atoms with Crippen molar-refractivity contribution in [2.75, 3.05) is 0 Å². The van der Waals surface area contributed by atoms with Crippen LogP contribution in [0.2, 0.25) is 0 Å². The molecule has 0 saturated heterocycles.